The molecule has 2 heterocycles. The zero-order valence-corrected chi connectivity index (χ0v) is 17.5. The second-order valence-corrected chi connectivity index (χ2v) is 8.83. The van der Waals surface area contributed by atoms with Gasteiger partial charge in [0.25, 0.3) is 0 Å². The highest BCUT2D eigenvalue weighted by atomic mass is 19.4. The Hall–Kier alpha value is -2.09. The number of likely N-dealkylation sites (tertiary alicyclic amines) is 2. The number of halogens is 3. The topological polar surface area (TPSA) is 52.7 Å². The highest BCUT2D eigenvalue weighted by Crippen LogP contribution is 2.34. The lowest BCUT2D eigenvalue weighted by Crippen LogP contribution is -2.48. The highest BCUT2D eigenvalue weighted by Gasteiger charge is 2.34. The zero-order chi connectivity index (χ0) is 21.9. The number of carbonyl (C=O) groups is 2. The minimum atomic E-state index is -4.52. The van der Waals surface area contributed by atoms with Gasteiger partial charge in [0, 0.05) is 19.0 Å². The molecule has 0 bridgehead atoms. The van der Waals surface area contributed by atoms with Crippen LogP contribution in [-0.4, -0.2) is 54.3 Å². The Labute approximate surface area is 175 Å². The number of carbonyl (C=O) groups excluding carboxylic acids is 2. The van der Waals surface area contributed by atoms with Crippen LogP contribution in [0.4, 0.5) is 18.9 Å². The van der Waals surface area contributed by atoms with Crippen molar-refractivity contribution in [2.45, 2.75) is 39.3 Å². The first-order chi connectivity index (χ1) is 14.1. The van der Waals surface area contributed by atoms with Gasteiger partial charge < -0.3 is 10.2 Å². The summed E-state index contributed by atoms with van der Waals surface area (Å²) >= 11 is 0. The number of para-hydroxylation sites is 1. The van der Waals surface area contributed by atoms with Crippen molar-refractivity contribution in [1.82, 2.24) is 9.80 Å². The van der Waals surface area contributed by atoms with E-state index >= 15 is 0 Å². The maximum absolute atomic E-state index is 13.1. The molecular weight excluding hydrogens is 395 g/mol. The maximum atomic E-state index is 13.1. The lowest BCUT2D eigenvalue weighted by atomic mass is 9.89. The van der Waals surface area contributed by atoms with E-state index in [4.69, 9.17) is 0 Å². The van der Waals surface area contributed by atoms with Crippen LogP contribution in [0, 0.1) is 17.8 Å². The predicted octanol–water partition coefficient (Wildman–Crippen LogP) is 3.86. The molecule has 5 nitrogen and oxygen atoms in total. The van der Waals surface area contributed by atoms with E-state index in [2.05, 4.69) is 19.2 Å². The Morgan fingerprint density at radius 3 is 2.27 bits per heavy atom. The Bertz CT molecular complexity index is 750. The Kier molecular flexibility index (Phi) is 7.06. The van der Waals surface area contributed by atoms with Gasteiger partial charge in [-0.25, -0.2) is 0 Å². The molecule has 8 heteroatoms. The van der Waals surface area contributed by atoms with Crippen LogP contribution >= 0.6 is 0 Å². The smallest absolute Gasteiger partial charge is 0.342 e. The molecule has 0 saturated carbocycles. The normalized spacial score (nSPS) is 24.0. The van der Waals surface area contributed by atoms with Gasteiger partial charge in [-0.1, -0.05) is 26.0 Å². The van der Waals surface area contributed by atoms with E-state index < -0.39 is 17.6 Å². The largest absolute Gasteiger partial charge is 0.418 e. The first-order valence-corrected chi connectivity index (χ1v) is 10.6. The van der Waals surface area contributed by atoms with Crippen LogP contribution in [0.25, 0.3) is 0 Å². The number of hydrogen-bond donors (Lipinski definition) is 1. The van der Waals surface area contributed by atoms with Crippen molar-refractivity contribution in [3.8, 4) is 0 Å². The summed E-state index contributed by atoms with van der Waals surface area (Å²) in [5.74, 6) is 0.724. The number of rotatable bonds is 4. The summed E-state index contributed by atoms with van der Waals surface area (Å²) in [6.45, 7) is 7.16. The van der Waals surface area contributed by atoms with Crippen molar-refractivity contribution in [2.24, 2.45) is 17.8 Å². The molecule has 0 aliphatic carbocycles. The van der Waals surface area contributed by atoms with E-state index in [-0.39, 0.29) is 24.1 Å². The van der Waals surface area contributed by atoms with E-state index in [0.29, 0.717) is 37.8 Å². The number of nitrogens with one attached hydrogen (secondary N) is 1. The Morgan fingerprint density at radius 2 is 1.67 bits per heavy atom. The number of anilines is 1. The molecule has 0 aromatic heterocycles. The summed E-state index contributed by atoms with van der Waals surface area (Å²) in [6, 6.07) is 4.97. The van der Waals surface area contributed by atoms with Gasteiger partial charge in [-0.3, -0.25) is 14.5 Å². The summed E-state index contributed by atoms with van der Waals surface area (Å²) in [5, 5.41) is 2.38. The molecule has 2 fully saturated rings. The number of benzene rings is 1. The number of alkyl halides is 3. The molecule has 2 atom stereocenters. The molecular formula is C22H30F3N3O2. The van der Waals surface area contributed by atoms with Gasteiger partial charge in [-0.15, -0.1) is 0 Å². The first-order valence-electron chi connectivity index (χ1n) is 10.6. The zero-order valence-electron chi connectivity index (χ0n) is 17.5. The minimum Gasteiger partial charge on any atom is -0.342 e. The third kappa shape index (κ3) is 5.74. The fraction of sp³-hybridized carbons (Fsp3) is 0.636. The third-order valence-corrected chi connectivity index (χ3v) is 5.99. The van der Waals surface area contributed by atoms with Crippen molar-refractivity contribution < 1.29 is 22.8 Å². The summed E-state index contributed by atoms with van der Waals surface area (Å²) in [5.41, 5.74) is -1.08. The van der Waals surface area contributed by atoms with Crippen molar-refractivity contribution in [3.63, 3.8) is 0 Å². The molecule has 0 radical (unpaired) electrons. The van der Waals surface area contributed by atoms with Crippen LogP contribution in [0.15, 0.2) is 24.3 Å². The van der Waals surface area contributed by atoms with E-state index in [1.165, 1.54) is 18.2 Å². The van der Waals surface area contributed by atoms with Crippen molar-refractivity contribution in [2.75, 3.05) is 38.0 Å². The van der Waals surface area contributed by atoms with Gasteiger partial charge in [0.05, 0.1) is 17.8 Å². The van der Waals surface area contributed by atoms with Crippen LogP contribution in [0.5, 0.6) is 0 Å². The lowest BCUT2D eigenvalue weighted by molar-refractivity contribution is -0.140. The van der Waals surface area contributed by atoms with Gasteiger partial charge in [0.1, 0.15) is 0 Å². The molecule has 2 saturated heterocycles. The number of amides is 2. The molecule has 2 aliphatic heterocycles. The van der Waals surface area contributed by atoms with E-state index in [1.807, 2.05) is 9.80 Å². The monoisotopic (exact) mass is 425 g/mol. The van der Waals surface area contributed by atoms with Gasteiger partial charge in [-0.2, -0.15) is 13.2 Å². The second kappa shape index (κ2) is 9.37. The fourth-order valence-electron chi connectivity index (χ4n) is 4.67. The summed E-state index contributed by atoms with van der Waals surface area (Å²) in [6.07, 6.45) is -2.03. The van der Waals surface area contributed by atoms with Gasteiger partial charge in [-0.05, 0) is 56.3 Å². The SMILES string of the molecule is CC1CC(C)CN(C(=O)C2CCN(CC(=O)Nc3ccccc3C(F)(F)F)CC2)C1. The molecule has 1 N–H and O–H groups in total. The van der Waals surface area contributed by atoms with Crippen LogP contribution in [-0.2, 0) is 15.8 Å². The maximum Gasteiger partial charge on any atom is 0.418 e. The molecule has 2 aliphatic rings. The average Bonchev–Trinajstić information content (AvgIpc) is 2.67. The lowest BCUT2D eigenvalue weighted by Gasteiger charge is -2.39. The molecule has 3 rings (SSSR count). The quantitative estimate of drug-likeness (QED) is 0.797. The summed E-state index contributed by atoms with van der Waals surface area (Å²) in [7, 11) is 0. The Morgan fingerprint density at radius 1 is 1.07 bits per heavy atom. The average molecular weight is 425 g/mol. The molecule has 1 aromatic carbocycles. The molecule has 30 heavy (non-hydrogen) atoms. The molecule has 166 valence electrons. The van der Waals surface area contributed by atoms with Crippen LogP contribution < -0.4 is 5.32 Å². The molecule has 2 unspecified atom stereocenters. The van der Waals surface area contributed by atoms with Crippen LogP contribution in [0.2, 0.25) is 0 Å². The molecule has 0 spiro atoms. The first kappa shape index (κ1) is 22.6. The third-order valence-electron chi connectivity index (χ3n) is 5.99. The second-order valence-electron chi connectivity index (χ2n) is 8.83. The summed E-state index contributed by atoms with van der Waals surface area (Å²) in [4.78, 5) is 29.1. The van der Waals surface area contributed by atoms with Crippen molar-refractivity contribution >= 4 is 17.5 Å². The summed E-state index contributed by atoms with van der Waals surface area (Å²) < 4.78 is 39.2. The van der Waals surface area contributed by atoms with Crippen LogP contribution in [0.3, 0.4) is 0 Å². The van der Waals surface area contributed by atoms with Crippen LogP contribution in [0.1, 0.15) is 38.7 Å². The number of nitrogens with zero attached hydrogens (tertiary/aromatic N) is 2. The van der Waals surface area contributed by atoms with E-state index in [9.17, 15) is 22.8 Å². The van der Waals surface area contributed by atoms with Gasteiger partial charge in [0.2, 0.25) is 11.8 Å². The Balaban J connectivity index is 1.49. The van der Waals surface area contributed by atoms with Crippen molar-refractivity contribution in [1.29, 1.82) is 0 Å². The number of piperidine rings is 2. The minimum absolute atomic E-state index is 0.0187. The van der Waals surface area contributed by atoms with Crippen molar-refractivity contribution in [3.05, 3.63) is 29.8 Å². The highest BCUT2D eigenvalue weighted by molar-refractivity contribution is 5.93. The molecule has 1 aromatic rings. The molecule has 2 amide bonds. The standard InChI is InChI=1S/C22H30F3N3O2/c1-15-11-16(2)13-28(12-15)21(30)17-7-9-27(10-8-17)14-20(29)26-19-6-4-3-5-18(19)22(23,24)25/h3-6,15-17H,7-14H2,1-2H3,(H,26,29). The number of hydrogen-bond acceptors (Lipinski definition) is 3. The van der Waals surface area contributed by atoms with E-state index in [0.717, 1.165) is 25.6 Å². The predicted molar refractivity (Wildman–Crippen MR) is 109 cm³/mol. The fourth-order valence-corrected chi connectivity index (χ4v) is 4.67. The van der Waals surface area contributed by atoms with Gasteiger partial charge in [0.15, 0.2) is 0 Å². The van der Waals surface area contributed by atoms with E-state index in [1.54, 1.807) is 0 Å². The van der Waals surface area contributed by atoms with Gasteiger partial charge >= 0.3 is 6.18 Å².